The van der Waals surface area contributed by atoms with Crippen LogP contribution in [0.5, 0.6) is 0 Å². The molecule has 1 aliphatic rings. The van der Waals surface area contributed by atoms with Gasteiger partial charge in [0.05, 0.1) is 12.6 Å². The molecule has 2 aromatic carbocycles. The molecular formula is C22H23FN4O2. The number of alkyl halides is 1. The van der Waals surface area contributed by atoms with Gasteiger partial charge in [0.15, 0.2) is 0 Å². The van der Waals surface area contributed by atoms with E-state index < -0.39 is 12.2 Å². The number of carbonyl (C=O) groups is 1. The summed E-state index contributed by atoms with van der Waals surface area (Å²) in [6, 6.07) is 15.1. The summed E-state index contributed by atoms with van der Waals surface area (Å²) in [7, 11) is 0. The predicted molar refractivity (Wildman–Crippen MR) is 108 cm³/mol. The van der Waals surface area contributed by atoms with Gasteiger partial charge in [-0.25, -0.2) is 4.39 Å². The highest BCUT2D eigenvalue weighted by atomic mass is 19.1. The van der Waals surface area contributed by atoms with Crippen molar-refractivity contribution in [2.75, 3.05) is 13.1 Å². The number of nitrogens with two attached hydrogens (primary N) is 1. The highest BCUT2D eigenvalue weighted by Gasteiger charge is 2.32. The maximum Gasteiger partial charge on any atom is 0.247 e. The Hall–Kier alpha value is -3.06. The lowest BCUT2D eigenvalue weighted by Gasteiger charge is -2.25. The van der Waals surface area contributed by atoms with Crippen LogP contribution in [0.2, 0.25) is 0 Å². The van der Waals surface area contributed by atoms with E-state index >= 15 is 0 Å². The average Bonchev–Trinajstić information content (AvgIpc) is 3.44. The smallest absolute Gasteiger partial charge is 0.247 e. The monoisotopic (exact) mass is 394 g/mol. The summed E-state index contributed by atoms with van der Waals surface area (Å²) in [6.07, 6.45) is 0.756. The lowest BCUT2D eigenvalue weighted by atomic mass is 9.91. The Balaban J connectivity index is 1.49. The molecule has 0 aliphatic carbocycles. The third-order valence-electron chi connectivity index (χ3n) is 5.51. The average molecular weight is 394 g/mol. The van der Waals surface area contributed by atoms with Gasteiger partial charge in [-0.1, -0.05) is 43.3 Å². The Kier molecular flexibility index (Phi) is 5.40. The first-order valence-corrected chi connectivity index (χ1v) is 9.68. The molecule has 1 saturated heterocycles. The lowest BCUT2D eigenvalue weighted by molar-refractivity contribution is -0.132. The van der Waals surface area contributed by atoms with Crippen LogP contribution in [0.1, 0.15) is 24.8 Å². The molecule has 0 saturated carbocycles. The van der Waals surface area contributed by atoms with E-state index in [1.165, 1.54) is 11.3 Å². The quantitative estimate of drug-likeness (QED) is 0.717. The van der Waals surface area contributed by atoms with Crippen LogP contribution in [0, 0.1) is 0 Å². The maximum atomic E-state index is 13.4. The topological polar surface area (TPSA) is 85.2 Å². The van der Waals surface area contributed by atoms with Crippen LogP contribution >= 0.6 is 0 Å². The first kappa shape index (κ1) is 19.3. The number of benzene rings is 2. The molecule has 29 heavy (non-hydrogen) atoms. The first-order chi connectivity index (χ1) is 14.0. The van der Waals surface area contributed by atoms with Crippen molar-refractivity contribution in [3.05, 3.63) is 60.5 Å². The van der Waals surface area contributed by atoms with Crippen molar-refractivity contribution in [2.24, 2.45) is 5.73 Å². The Labute approximate surface area is 168 Å². The van der Waals surface area contributed by atoms with E-state index in [-0.39, 0.29) is 18.4 Å². The Morgan fingerprint density at radius 3 is 2.62 bits per heavy atom. The number of aromatic nitrogens is 2. The molecular weight excluding hydrogens is 371 g/mol. The van der Waals surface area contributed by atoms with Gasteiger partial charge in [-0.2, -0.15) is 0 Å². The molecule has 0 unspecified atom stereocenters. The highest BCUT2D eigenvalue weighted by Crippen LogP contribution is 2.28. The van der Waals surface area contributed by atoms with Gasteiger partial charge in [0.25, 0.3) is 0 Å². The van der Waals surface area contributed by atoms with Crippen molar-refractivity contribution >= 4 is 5.91 Å². The molecule has 7 heteroatoms. The summed E-state index contributed by atoms with van der Waals surface area (Å²) in [5, 5.41) is 7.66. The summed E-state index contributed by atoms with van der Waals surface area (Å²) in [6.45, 7) is 2.51. The molecule has 1 amide bonds. The van der Waals surface area contributed by atoms with Gasteiger partial charge in [0.2, 0.25) is 18.2 Å². The molecule has 0 bridgehead atoms. The van der Waals surface area contributed by atoms with Crippen LogP contribution in [0.15, 0.2) is 59.3 Å². The zero-order chi connectivity index (χ0) is 20.4. The number of hydrogen-bond acceptors (Lipinski definition) is 5. The van der Waals surface area contributed by atoms with Crippen molar-refractivity contribution in [1.82, 2.24) is 15.1 Å². The number of amides is 1. The summed E-state index contributed by atoms with van der Waals surface area (Å²) in [4.78, 5) is 14.1. The van der Waals surface area contributed by atoms with Crippen LogP contribution in [0.25, 0.3) is 22.6 Å². The van der Waals surface area contributed by atoms with Gasteiger partial charge in [-0.3, -0.25) is 4.79 Å². The zero-order valence-electron chi connectivity index (χ0n) is 16.2. The second-order valence-corrected chi connectivity index (χ2v) is 7.43. The molecule has 2 N–H and O–H groups in total. The molecule has 3 atom stereocenters. The number of rotatable bonds is 5. The third kappa shape index (κ3) is 4.05. The number of nitrogens with zero attached hydrogens (tertiary/aromatic N) is 3. The van der Waals surface area contributed by atoms with E-state index in [2.05, 4.69) is 10.2 Å². The van der Waals surface area contributed by atoms with Crippen molar-refractivity contribution in [2.45, 2.75) is 31.5 Å². The fourth-order valence-electron chi connectivity index (χ4n) is 3.66. The largest absolute Gasteiger partial charge is 0.423 e. The SMILES string of the molecule is C[C@@H](c1ccc(-c2cccc(-c3nnco3)c2)cc1)[C@H](N)C(=O)N1CC[C@H](F)C1. The number of carbonyl (C=O) groups excluding carboxylic acids is 1. The van der Waals surface area contributed by atoms with E-state index in [0.717, 1.165) is 22.3 Å². The summed E-state index contributed by atoms with van der Waals surface area (Å²) >= 11 is 0. The molecule has 150 valence electrons. The van der Waals surface area contributed by atoms with E-state index in [4.69, 9.17) is 10.2 Å². The van der Waals surface area contributed by atoms with E-state index in [0.29, 0.717) is 18.9 Å². The van der Waals surface area contributed by atoms with Crippen LogP contribution in [-0.4, -0.2) is 46.3 Å². The van der Waals surface area contributed by atoms with Gasteiger partial charge >= 0.3 is 0 Å². The van der Waals surface area contributed by atoms with E-state index in [9.17, 15) is 9.18 Å². The molecule has 0 radical (unpaired) electrons. The number of halogens is 1. The maximum absolute atomic E-state index is 13.4. The van der Waals surface area contributed by atoms with Crippen LogP contribution < -0.4 is 5.73 Å². The minimum Gasteiger partial charge on any atom is -0.423 e. The van der Waals surface area contributed by atoms with Crippen LogP contribution in [0.4, 0.5) is 4.39 Å². The minimum absolute atomic E-state index is 0.147. The van der Waals surface area contributed by atoms with Crippen LogP contribution in [0.3, 0.4) is 0 Å². The Bertz CT molecular complexity index is 975. The number of likely N-dealkylation sites (tertiary alicyclic amines) is 1. The first-order valence-electron chi connectivity index (χ1n) is 9.68. The second kappa shape index (κ2) is 8.13. The van der Waals surface area contributed by atoms with Gasteiger partial charge in [0.1, 0.15) is 6.17 Å². The van der Waals surface area contributed by atoms with Crippen molar-refractivity contribution in [1.29, 1.82) is 0 Å². The van der Waals surface area contributed by atoms with Gasteiger partial charge in [-0.15, -0.1) is 10.2 Å². The molecule has 6 nitrogen and oxygen atoms in total. The minimum atomic E-state index is -0.941. The molecule has 1 fully saturated rings. The summed E-state index contributed by atoms with van der Waals surface area (Å²) < 4.78 is 18.7. The van der Waals surface area contributed by atoms with Crippen molar-refractivity contribution in [3.63, 3.8) is 0 Å². The normalized spacial score (nSPS) is 18.6. The molecule has 3 aromatic rings. The summed E-state index contributed by atoms with van der Waals surface area (Å²) in [5.74, 6) is 0.118. The predicted octanol–water partition coefficient (Wildman–Crippen LogP) is 3.40. The fraction of sp³-hybridized carbons (Fsp3) is 0.318. The fourth-order valence-corrected chi connectivity index (χ4v) is 3.66. The summed E-state index contributed by atoms with van der Waals surface area (Å²) in [5.41, 5.74) is 10.1. The third-order valence-corrected chi connectivity index (χ3v) is 5.51. The molecule has 1 aliphatic heterocycles. The molecule has 4 rings (SSSR count). The Morgan fingerprint density at radius 1 is 1.21 bits per heavy atom. The molecule has 1 aromatic heterocycles. The molecule has 0 spiro atoms. The highest BCUT2D eigenvalue weighted by molar-refractivity contribution is 5.83. The van der Waals surface area contributed by atoms with Crippen LogP contribution in [-0.2, 0) is 4.79 Å². The lowest BCUT2D eigenvalue weighted by Crippen LogP contribution is -2.45. The van der Waals surface area contributed by atoms with E-state index in [1.807, 2.05) is 55.5 Å². The van der Waals surface area contributed by atoms with E-state index in [1.54, 1.807) is 0 Å². The van der Waals surface area contributed by atoms with Crippen molar-refractivity contribution in [3.8, 4) is 22.6 Å². The van der Waals surface area contributed by atoms with Gasteiger partial charge in [0, 0.05) is 18.0 Å². The zero-order valence-corrected chi connectivity index (χ0v) is 16.2. The van der Waals surface area contributed by atoms with Gasteiger partial charge in [-0.05, 0) is 35.2 Å². The van der Waals surface area contributed by atoms with Crippen molar-refractivity contribution < 1.29 is 13.6 Å². The number of hydrogen-bond donors (Lipinski definition) is 1. The van der Waals surface area contributed by atoms with Gasteiger partial charge < -0.3 is 15.1 Å². The Morgan fingerprint density at radius 2 is 1.97 bits per heavy atom. The molecule has 2 heterocycles. The standard InChI is InChI=1S/C22H23FN4O2/c1-14(20(24)22(28)27-10-9-19(23)12-27)15-5-7-16(8-6-15)17-3-2-4-18(11-17)21-26-25-13-29-21/h2-8,11,13-14,19-20H,9-10,12,24H2,1H3/t14-,19-,20-/m0/s1. The second-order valence-electron chi connectivity index (χ2n) is 7.43.